The Balaban J connectivity index is 3.32. The third kappa shape index (κ3) is 2.51. The molecule has 0 aliphatic carbocycles. The smallest absolute Gasteiger partial charge is 0.258 e. The summed E-state index contributed by atoms with van der Waals surface area (Å²) in [7, 11) is -3.82. The fraction of sp³-hybridized carbons (Fsp3) is 0.250. The van der Waals surface area contributed by atoms with Gasteiger partial charge in [0, 0.05) is 11.6 Å². The molecule has 0 radical (unpaired) electrons. The minimum atomic E-state index is -3.82. The van der Waals surface area contributed by atoms with E-state index < -0.39 is 20.2 Å². The molecule has 1 aromatic carbocycles. The van der Waals surface area contributed by atoms with Crippen LogP contribution in [0.5, 0.6) is 0 Å². The molecule has 0 heterocycles. The van der Waals surface area contributed by atoms with Crippen molar-refractivity contribution in [1.82, 2.24) is 0 Å². The maximum atomic E-state index is 11.1. The Morgan fingerprint density at radius 1 is 1.40 bits per heavy atom. The third-order valence-corrected chi connectivity index (χ3v) is 3.30. The summed E-state index contributed by atoms with van der Waals surface area (Å²) in [6, 6.07) is 5.63. The Morgan fingerprint density at radius 3 is 2.40 bits per heavy atom. The number of nitrogens with zero attached hydrogens (tertiary/aromatic N) is 1. The predicted molar refractivity (Wildman–Crippen MR) is 54.6 cm³/mol. The van der Waals surface area contributed by atoms with Crippen LogP contribution in [-0.4, -0.2) is 13.3 Å². The van der Waals surface area contributed by atoms with Crippen LogP contribution in [0.1, 0.15) is 17.7 Å². The van der Waals surface area contributed by atoms with E-state index in [1.54, 1.807) is 0 Å². The Bertz CT molecular complexity index is 483. The Morgan fingerprint density at radius 2 is 1.93 bits per heavy atom. The normalized spacial score (nSPS) is 13.5. The zero-order valence-corrected chi connectivity index (χ0v) is 8.77. The number of primary sulfonamides is 1. The van der Waals surface area contributed by atoms with Gasteiger partial charge in [0.2, 0.25) is 10.0 Å². The van der Waals surface area contributed by atoms with Gasteiger partial charge in [-0.05, 0) is 6.92 Å². The molecule has 15 heavy (non-hydrogen) atoms. The number of benzene rings is 1. The zero-order chi connectivity index (χ0) is 11.6. The summed E-state index contributed by atoms with van der Waals surface area (Å²) in [5.74, 6) is 0. The lowest BCUT2D eigenvalue weighted by atomic mass is 10.1. The summed E-state index contributed by atoms with van der Waals surface area (Å²) >= 11 is 0. The van der Waals surface area contributed by atoms with Crippen LogP contribution in [0, 0.1) is 10.1 Å². The summed E-state index contributed by atoms with van der Waals surface area (Å²) in [5, 5.41) is 14.5. The van der Waals surface area contributed by atoms with E-state index in [0.29, 0.717) is 0 Å². The van der Waals surface area contributed by atoms with E-state index in [1.807, 2.05) is 0 Å². The number of para-hydroxylation sites is 1. The topological polar surface area (TPSA) is 103 Å². The molecule has 6 nitrogen and oxygen atoms in total. The second-order valence-corrected chi connectivity index (χ2v) is 4.93. The number of sulfonamides is 1. The van der Waals surface area contributed by atoms with Gasteiger partial charge in [0.1, 0.15) is 5.25 Å². The first-order valence-corrected chi connectivity index (χ1v) is 5.70. The quantitative estimate of drug-likeness (QED) is 0.616. The van der Waals surface area contributed by atoms with Gasteiger partial charge in [0.25, 0.3) is 5.69 Å². The highest BCUT2D eigenvalue weighted by atomic mass is 32.2. The van der Waals surface area contributed by atoms with Crippen molar-refractivity contribution in [3.63, 3.8) is 0 Å². The van der Waals surface area contributed by atoms with Crippen LogP contribution in [0.4, 0.5) is 5.69 Å². The molecule has 7 heteroatoms. The van der Waals surface area contributed by atoms with Gasteiger partial charge in [0.05, 0.1) is 4.92 Å². The second-order valence-electron chi connectivity index (χ2n) is 3.05. The average Bonchev–Trinajstić information content (AvgIpc) is 2.15. The van der Waals surface area contributed by atoms with Crippen molar-refractivity contribution < 1.29 is 13.3 Å². The van der Waals surface area contributed by atoms with Crippen molar-refractivity contribution in [1.29, 1.82) is 0 Å². The minimum absolute atomic E-state index is 0.102. The van der Waals surface area contributed by atoms with Gasteiger partial charge in [-0.25, -0.2) is 13.6 Å². The Labute approximate surface area is 86.9 Å². The maximum Gasteiger partial charge on any atom is 0.273 e. The summed E-state index contributed by atoms with van der Waals surface area (Å²) < 4.78 is 22.1. The fourth-order valence-corrected chi connectivity index (χ4v) is 1.73. The standard InChI is InChI=1S/C8H10N2O4S/c1-6(15(9,13)14)7-4-2-3-5-8(7)10(11)12/h2-6H,1H3,(H2,9,13,14). The van der Waals surface area contributed by atoms with Gasteiger partial charge >= 0.3 is 0 Å². The molecule has 2 N–H and O–H groups in total. The summed E-state index contributed by atoms with van der Waals surface area (Å²) in [4.78, 5) is 10.00. The number of nitro groups is 1. The van der Waals surface area contributed by atoms with E-state index in [4.69, 9.17) is 5.14 Å². The fourth-order valence-electron chi connectivity index (χ4n) is 1.17. The molecule has 0 aliphatic heterocycles. The SMILES string of the molecule is CC(c1ccccc1[N+](=O)[O-])S(N)(=O)=O. The van der Waals surface area contributed by atoms with E-state index in [2.05, 4.69) is 0 Å². The molecular formula is C8H10N2O4S. The van der Waals surface area contributed by atoms with Gasteiger partial charge in [-0.2, -0.15) is 0 Å². The van der Waals surface area contributed by atoms with Crippen molar-refractivity contribution >= 4 is 15.7 Å². The molecular weight excluding hydrogens is 220 g/mol. The van der Waals surface area contributed by atoms with Crippen molar-refractivity contribution in [2.45, 2.75) is 12.2 Å². The number of nitrogens with two attached hydrogens (primary N) is 1. The summed E-state index contributed by atoms with van der Waals surface area (Å²) in [5.41, 5.74) is -0.135. The second kappa shape index (κ2) is 3.95. The molecule has 1 aromatic rings. The maximum absolute atomic E-state index is 11.1. The lowest BCUT2D eigenvalue weighted by Crippen LogP contribution is -2.20. The van der Waals surface area contributed by atoms with Crippen LogP contribution in [0.2, 0.25) is 0 Å². The molecule has 0 aromatic heterocycles. The van der Waals surface area contributed by atoms with Crippen LogP contribution in [0.15, 0.2) is 24.3 Å². The largest absolute Gasteiger partial charge is 0.273 e. The highest BCUT2D eigenvalue weighted by Gasteiger charge is 2.25. The minimum Gasteiger partial charge on any atom is -0.258 e. The molecule has 0 saturated carbocycles. The molecule has 0 spiro atoms. The van der Waals surface area contributed by atoms with Gasteiger partial charge in [-0.15, -0.1) is 0 Å². The van der Waals surface area contributed by atoms with E-state index in [9.17, 15) is 18.5 Å². The van der Waals surface area contributed by atoms with Crippen molar-refractivity contribution in [2.75, 3.05) is 0 Å². The Hall–Kier alpha value is -1.47. The number of hydrogen-bond acceptors (Lipinski definition) is 4. The van der Waals surface area contributed by atoms with Gasteiger partial charge in [-0.1, -0.05) is 18.2 Å². The molecule has 1 rings (SSSR count). The first-order chi connectivity index (χ1) is 6.84. The van der Waals surface area contributed by atoms with E-state index in [-0.39, 0.29) is 11.3 Å². The van der Waals surface area contributed by atoms with Crippen LogP contribution in [0.25, 0.3) is 0 Å². The third-order valence-electron chi connectivity index (χ3n) is 2.06. The summed E-state index contributed by atoms with van der Waals surface area (Å²) in [6.45, 7) is 1.32. The van der Waals surface area contributed by atoms with Crippen LogP contribution in [0.3, 0.4) is 0 Å². The van der Waals surface area contributed by atoms with E-state index >= 15 is 0 Å². The molecule has 82 valence electrons. The van der Waals surface area contributed by atoms with E-state index in [1.165, 1.54) is 31.2 Å². The Kier molecular flexibility index (Phi) is 3.06. The zero-order valence-electron chi connectivity index (χ0n) is 7.95. The molecule has 0 bridgehead atoms. The lowest BCUT2D eigenvalue weighted by molar-refractivity contribution is -0.385. The van der Waals surface area contributed by atoms with Crippen molar-refractivity contribution in [3.05, 3.63) is 39.9 Å². The van der Waals surface area contributed by atoms with E-state index in [0.717, 1.165) is 0 Å². The van der Waals surface area contributed by atoms with Gasteiger partial charge in [0.15, 0.2) is 0 Å². The molecule has 0 aliphatic rings. The molecule has 0 fully saturated rings. The first-order valence-electron chi connectivity index (χ1n) is 4.09. The molecule has 1 atom stereocenters. The average molecular weight is 230 g/mol. The number of hydrogen-bond donors (Lipinski definition) is 1. The van der Waals surface area contributed by atoms with Crippen molar-refractivity contribution in [3.8, 4) is 0 Å². The lowest BCUT2D eigenvalue weighted by Gasteiger charge is -2.09. The monoisotopic (exact) mass is 230 g/mol. The molecule has 1 unspecified atom stereocenters. The number of nitro benzene ring substituents is 1. The first kappa shape index (κ1) is 11.6. The van der Waals surface area contributed by atoms with Crippen LogP contribution < -0.4 is 5.14 Å². The predicted octanol–water partition coefficient (Wildman–Crippen LogP) is 0.944. The van der Waals surface area contributed by atoms with Crippen LogP contribution >= 0.6 is 0 Å². The van der Waals surface area contributed by atoms with Gasteiger partial charge in [-0.3, -0.25) is 10.1 Å². The van der Waals surface area contributed by atoms with Crippen molar-refractivity contribution in [2.24, 2.45) is 5.14 Å². The van der Waals surface area contributed by atoms with Crippen LogP contribution in [-0.2, 0) is 10.0 Å². The van der Waals surface area contributed by atoms with Gasteiger partial charge < -0.3 is 0 Å². The molecule has 0 amide bonds. The molecule has 0 saturated heterocycles. The highest BCUT2D eigenvalue weighted by molar-refractivity contribution is 7.89. The summed E-state index contributed by atoms with van der Waals surface area (Å²) in [6.07, 6.45) is 0. The number of rotatable bonds is 3. The highest BCUT2D eigenvalue weighted by Crippen LogP contribution is 2.28.